The molecule has 0 aliphatic carbocycles. The van der Waals surface area contributed by atoms with Gasteiger partial charge < -0.3 is 9.84 Å². The van der Waals surface area contributed by atoms with Gasteiger partial charge >= 0.3 is 12.0 Å². The van der Waals surface area contributed by atoms with Crippen LogP contribution in [-0.4, -0.2) is 22.2 Å². The molecule has 3 N–H and O–H groups in total. The highest BCUT2D eigenvalue weighted by atomic mass is 35.5. The summed E-state index contributed by atoms with van der Waals surface area (Å²) in [5.41, 5.74) is 5.61. The zero-order valence-corrected chi connectivity index (χ0v) is 19.4. The van der Waals surface area contributed by atoms with Crippen molar-refractivity contribution in [3.63, 3.8) is 0 Å². The Morgan fingerprint density at radius 2 is 1.68 bits per heavy atom. The van der Waals surface area contributed by atoms with Gasteiger partial charge in [-0.05, 0) is 65.1 Å². The summed E-state index contributed by atoms with van der Waals surface area (Å²) < 4.78 is 4.81. The van der Waals surface area contributed by atoms with Crippen LogP contribution in [0.2, 0.25) is 5.28 Å². The number of hydrogen-bond acceptors (Lipinski definition) is 5. The van der Waals surface area contributed by atoms with E-state index in [1.165, 1.54) is 6.42 Å². The lowest BCUT2D eigenvalue weighted by Gasteiger charge is -2.32. The van der Waals surface area contributed by atoms with Crippen molar-refractivity contribution >= 4 is 23.6 Å². The van der Waals surface area contributed by atoms with Crippen LogP contribution in [0.4, 0.5) is 10.8 Å². The third kappa shape index (κ3) is 10.7. The molecular weight excluding hydrogens is 378 g/mol. The van der Waals surface area contributed by atoms with E-state index in [4.69, 9.17) is 16.1 Å². The molecule has 1 heterocycles. The Morgan fingerprint density at radius 3 is 2.18 bits per heavy atom. The number of carbonyl (C=O) groups is 1. The molecule has 0 radical (unpaired) electrons. The Bertz CT molecular complexity index is 606. The molecule has 162 valence electrons. The molecule has 0 spiro atoms. The maximum absolute atomic E-state index is 12.4. The molecule has 3 unspecified atom stereocenters. The van der Waals surface area contributed by atoms with Crippen LogP contribution in [0.25, 0.3) is 0 Å². The predicted octanol–water partition coefficient (Wildman–Crippen LogP) is 5.64. The van der Waals surface area contributed by atoms with Crippen molar-refractivity contribution in [3.05, 3.63) is 5.28 Å². The van der Waals surface area contributed by atoms with E-state index in [0.717, 1.165) is 19.3 Å². The molecule has 2 amide bonds. The highest BCUT2D eigenvalue weighted by molar-refractivity contribution is 6.28. The first kappa shape index (κ1) is 24.5. The van der Waals surface area contributed by atoms with Crippen LogP contribution in [0.15, 0.2) is 4.52 Å². The molecule has 1 aromatic heterocycles. The number of carbonyl (C=O) groups excluding carboxylic acids is 1. The lowest BCUT2D eigenvalue weighted by molar-refractivity contribution is 0.209. The monoisotopic (exact) mass is 415 g/mol. The molecule has 0 bridgehead atoms. The number of halogens is 1. The second-order valence-corrected chi connectivity index (χ2v) is 10.7. The molecule has 0 saturated heterocycles. The minimum Gasteiger partial charge on any atom is -0.334 e. The minimum absolute atomic E-state index is 0.0192. The topological polar surface area (TPSA) is 92.1 Å². The van der Waals surface area contributed by atoms with Crippen molar-refractivity contribution in [2.24, 2.45) is 22.7 Å². The summed E-state index contributed by atoms with van der Waals surface area (Å²) in [7, 11) is 0. The van der Waals surface area contributed by atoms with Crippen LogP contribution in [0, 0.1) is 22.7 Å². The van der Waals surface area contributed by atoms with E-state index in [1.807, 2.05) is 0 Å². The van der Waals surface area contributed by atoms with Crippen molar-refractivity contribution < 1.29 is 9.32 Å². The first-order valence-corrected chi connectivity index (χ1v) is 10.4. The van der Waals surface area contributed by atoms with Gasteiger partial charge in [-0.25, -0.2) is 15.6 Å². The van der Waals surface area contributed by atoms with Gasteiger partial charge in [-0.2, -0.15) is 4.98 Å². The molecule has 3 atom stereocenters. The Hall–Kier alpha value is -1.50. The molecule has 7 nitrogen and oxygen atoms in total. The number of hydrazine groups is 1. The van der Waals surface area contributed by atoms with Crippen molar-refractivity contribution in [1.82, 2.24) is 20.9 Å². The lowest BCUT2D eigenvalue weighted by atomic mass is 9.79. The number of hydrogen-bond donors (Lipinski definition) is 3. The second kappa shape index (κ2) is 10.3. The van der Waals surface area contributed by atoms with Crippen LogP contribution in [0.3, 0.4) is 0 Å². The third-order valence-electron chi connectivity index (χ3n) is 4.55. The van der Waals surface area contributed by atoms with Crippen LogP contribution in [-0.2, 0) is 0 Å². The number of aromatic nitrogens is 2. The minimum atomic E-state index is -0.330. The third-order valence-corrected chi connectivity index (χ3v) is 4.71. The van der Waals surface area contributed by atoms with Gasteiger partial charge in [-0.1, -0.05) is 55.4 Å². The smallest absolute Gasteiger partial charge is 0.334 e. The van der Waals surface area contributed by atoms with Gasteiger partial charge in [0.25, 0.3) is 5.28 Å². The summed E-state index contributed by atoms with van der Waals surface area (Å²) in [6, 6.07) is -0.212. The number of rotatable bonds is 9. The Labute approximate surface area is 174 Å². The zero-order chi connectivity index (χ0) is 21.5. The summed E-state index contributed by atoms with van der Waals surface area (Å²) in [5, 5.41) is 6.53. The van der Waals surface area contributed by atoms with Crippen molar-refractivity contribution in [1.29, 1.82) is 0 Å². The van der Waals surface area contributed by atoms with Crippen LogP contribution >= 0.6 is 11.6 Å². The number of anilines is 1. The van der Waals surface area contributed by atoms with Gasteiger partial charge in [0.15, 0.2) is 0 Å². The van der Waals surface area contributed by atoms with Gasteiger partial charge in [0, 0.05) is 6.04 Å². The normalized spacial score (nSPS) is 15.6. The number of nitrogens with zero attached hydrogens (tertiary/aromatic N) is 2. The van der Waals surface area contributed by atoms with Crippen LogP contribution in [0.1, 0.15) is 81.1 Å². The number of urea groups is 1. The Kier molecular flexibility index (Phi) is 9.05. The first-order chi connectivity index (χ1) is 12.7. The fraction of sp³-hybridized carbons (Fsp3) is 0.850. The van der Waals surface area contributed by atoms with Crippen LogP contribution < -0.4 is 16.2 Å². The molecule has 0 fully saturated rings. The highest BCUT2D eigenvalue weighted by Crippen LogP contribution is 2.30. The van der Waals surface area contributed by atoms with Gasteiger partial charge in [-0.3, -0.25) is 0 Å². The fourth-order valence-corrected chi connectivity index (χ4v) is 3.90. The molecule has 0 aliphatic heterocycles. The lowest BCUT2D eigenvalue weighted by Crippen LogP contribution is -2.47. The van der Waals surface area contributed by atoms with Gasteiger partial charge in [0.2, 0.25) is 0 Å². The van der Waals surface area contributed by atoms with E-state index in [0.29, 0.717) is 17.3 Å². The largest absolute Gasteiger partial charge is 0.341 e. The average Bonchev–Trinajstić information content (AvgIpc) is 2.91. The maximum Gasteiger partial charge on any atom is 0.341 e. The van der Waals surface area contributed by atoms with E-state index in [1.54, 1.807) is 0 Å². The van der Waals surface area contributed by atoms with Crippen molar-refractivity contribution in [2.75, 3.05) is 5.43 Å². The van der Waals surface area contributed by atoms with E-state index < -0.39 is 0 Å². The molecule has 8 heteroatoms. The molecule has 1 rings (SSSR count). The highest BCUT2D eigenvalue weighted by Gasteiger charge is 2.25. The quantitative estimate of drug-likeness (QED) is 0.453. The fourth-order valence-electron chi connectivity index (χ4n) is 3.79. The standard InChI is InChI=1S/C20H38ClN5O2/c1-13(11-19(3,4)5)9-10-15(14(2)12-20(6,7)8)22-17(27)24-25-18-23-16(21)26-28-18/h13-15H,9-12H2,1-8H3,(H2,22,24,27)(H,23,25,26). The number of nitrogens with one attached hydrogen (secondary N) is 3. The van der Waals surface area contributed by atoms with E-state index in [-0.39, 0.29) is 28.8 Å². The summed E-state index contributed by atoms with van der Waals surface area (Å²) >= 11 is 5.60. The molecule has 28 heavy (non-hydrogen) atoms. The summed E-state index contributed by atoms with van der Waals surface area (Å²) in [5.74, 6) is 0.957. The molecule has 0 aromatic carbocycles. The van der Waals surface area contributed by atoms with E-state index in [9.17, 15) is 4.79 Å². The average molecular weight is 416 g/mol. The van der Waals surface area contributed by atoms with Crippen molar-refractivity contribution in [3.8, 4) is 0 Å². The Balaban J connectivity index is 2.64. The van der Waals surface area contributed by atoms with E-state index >= 15 is 0 Å². The van der Waals surface area contributed by atoms with Gasteiger partial charge in [-0.15, -0.1) is 0 Å². The van der Waals surface area contributed by atoms with Crippen molar-refractivity contribution in [2.45, 2.75) is 87.1 Å². The molecule has 1 aromatic rings. The first-order valence-electron chi connectivity index (χ1n) is 10.1. The van der Waals surface area contributed by atoms with Crippen LogP contribution in [0.5, 0.6) is 0 Å². The Morgan fingerprint density at radius 1 is 1.07 bits per heavy atom. The summed E-state index contributed by atoms with van der Waals surface area (Å²) in [4.78, 5) is 16.1. The maximum atomic E-state index is 12.4. The zero-order valence-electron chi connectivity index (χ0n) is 18.6. The molecular formula is C20H38ClN5O2. The molecule has 0 aliphatic rings. The summed E-state index contributed by atoms with van der Waals surface area (Å²) in [6.45, 7) is 18.0. The van der Waals surface area contributed by atoms with Gasteiger partial charge in [0.05, 0.1) is 0 Å². The summed E-state index contributed by atoms with van der Waals surface area (Å²) in [6.07, 6.45) is 4.20. The molecule has 0 saturated carbocycles. The van der Waals surface area contributed by atoms with Gasteiger partial charge in [0.1, 0.15) is 0 Å². The number of amides is 2. The predicted molar refractivity (Wildman–Crippen MR) is 114 cm³/mol. The SMILES string of the molecule is CC(CCC(NC(=O)NNc1nc(Cl)no1)C(C)CC(C)(C)C)CC(C)(C)C. The second-order valence-electron chi connectivity index (χ2n) is 10.4. The van der Waals surface area contributed by atoms with E-state index in [2.05, 4.69) is 81.7 Å².